The zero-order chi connectivity index (χ0) is 33.5. The molecule has 4 atom stereocenters. The van der Waals surface area contributed by atoms with Gasteiger partial charge in [-0.3, -0.25) is 10.1 Å². The van der Waals surface area contributed by atoms with Crippen LogP contribution in [0.4, 0.5) is 33.5 Å². The van der Waals surface area contributed by atoms with E-state index >= 15 is 4.39 Å². The molecule has 0 saturated carbocycles. The Hall–Kier alpha value is -3.98. The smallest absolute Gasteiger partial charge is 0.472 e. The van der Waals surface area contributed by atoms with Gasteiger partial charge in [-0.25, -0.2) is 18.7 Å². The molecule has 2 fully saturated rings. The number of alkyl halides is 3. The quantitative estimate of drug-likeness (QED) is 0.301. The first-order chi connectivity index (χ1) is 21.5. The predicted molar refractivity (Wildman–Crippen MR) is 162 cm³/mol. The van der Waals surface area contributed by atoms with E-state index in [1.165, 1.54) is 0 Å². The molecular formula is C31H36F5N7O3. The number of pyridine rings is 2. The lowest BCUT2D eigenvalue weighted by Gasteiger charge is -2.48. The van der Waals surface area contributed by atoms with Crippen molar-refractivity contribution in [3.63, 3.8) is 0 Å². The summed E-state index contributed by atoms with van der Waals surface area (Å²) in [6.45, 7) is 6.58. The Kier molecular flexibility index (Phi) is 7.70. The number of anilines is 2. The first kappa shape index (κ1) is 32.0. The van der Waals surface area contributed by atoms with E-state index in [1.54, 1.807) is 25.8 Å². The molecule has 46 heavy (non-hydrogen) atoms. The van der Waals surface area contributed by atoms with Gasteiger partial charge in [0.1, 0.15) is 23.2 Å². The van der Waals surface area contributed by atoms with Crippen LogP contribution in [0.5, 0.6) is 11.6 Å². The van der Waals surface area contributed by atoms with E-state index in [1.807, 2.05) is 30.8 Å². The van der Waals surface area contributed by atoms with Crippen LogP contribution in [0.2, 0.25) is 0 Å². The summed E-state index contributed by atoms with van der Waals surface area (Å²) in [7, 11) is 5.64. The SMILES string of the molecule is Cc1nc2c3c(nc(-c4cc(N)cc(F)c4OC(F)(F)F)c(F)c3c1C)OC(C)[C@@H]1[C@@H]3CC[C@](C(=O)N(C)CCN(C)C)(CN21)N3. The normalized spacial score (nSPS) is 23.7. The fourth-order valence-corrected chi connectivity index (χ4v) is 7.05. The number of nitrogen functional groups attached to an aromatic ring is 1. The van der Waals surface area contributed by atoms with E-state index in [-0.39, 0.29) is 46.9 Å². The standard InChI is InChI=1S/C31H36F5N7O3/c1-14-15(2)38-27-22-21(14)23(33)24(18-11-17(37)12-19(32)26(18)46-31(34,35)36)39-28(22)45-16(3)25-20-7-8-30(40-20,13-43(25)27)29(44)42(6)10-9-41(4)5/h11-12,16,20,25,40H,7-10,13,37H2,1-6H3/t16?,20-,25+,30+/m0/s1. The van der Waals surface area contributed by atoms with Crippen LogP contribution in [-0.2, 0) is 4.79 Å². The van der Waals surface area contributed by atoms with Crippen LogP contribution in [0.25, 0.3) is 22.0 Å². The third kappa shape index (κ3) is 5.22. The zero-order valence-electron chi connectivity index (χ0n) is 26.4. The van der Waals surface area contributed by atoms with E-state index in [0.717, 1.165) is 6.07 Å². The molecule has 1 aromatic carbocycles. The molecule has 10 nitrogen and oxygen atoms in total. The number of aromatic nitrogens is 2. The average Bonchev–Trinajstić information content (AvgIpc) is 3.26. The second-order valence-electron chi connectivity index (χ2n) is 12.7. The summed E-state index contributed by atoms with van der Waals surface area (Å²) in [4.78, 5) is 28.9. The number of nitrogens with two attached hydrogens (primary N) is 1. The highest BCUT2D eigenvalue weighted by molar-refractivity contribution is 6.02. The van der Waals surface area contributed by atoms with Gasteiger partial charge in [0.15, 0.2) is 17.4 Å². The van der Waals surface area contributed by atoms with Gasteiger partial charge in [-0.15, -0.1) is 13.2 Å². The van der Waals surface area contributed by atoms with Gasteiger partial charge in [-0.1, -0.05) is 0 Å². The second kappa shape index (κ2) is 11.1. The van der Waals surface area contributed by atoms with Crippen molar-refractivity contribution >= 4 is 28.2 Å². The van der Waals surface area contributed by atoms with E-state index in [2.05, 4.69) is 15.0 Å². The third-order valence-electron chi connectivity index (χ3n) is 9.30. The van der Waals surface area contributed by atoms with Crippen LogP contribution >= 0.6 is 0 Å². The molecule has 2 saturated heterocycles. The summed E-state index contributed by atoms with van der Waals surface area (Å²) in [5.74, 6) is -3.49. The molecule has 5 heterocycles. The maximum atomic E-state index is 16.7. The number of aryl methyl sites for hydroxylation is 2. The molecule has 2 bridgehead atoms. The summed E-state index contributed by atoms with van der Waals surface area (Å²) in [5, 5.41) is 3.80. The molecule has 15 heteroatoms. The molecule has 0 aliphatic carbocycles. The molecule has 3 aromatic rings. The fourth-order valence-electron chi connectivity index (χ4n) is 7.05. The van der Waals surface area contributed by atoms with Gasteiger partial charge in [0.2, 0.25) is 11.8 Å². The molecule has 6 rings (SSSR count). The lowest BCUT2D eigenvalue weighted by Crippen LogP contribution is -2.71. The van der Waals surface area contributed by atoms with Gasteiger partial charge < -0.3 is 29.9 Å². The van der Waals surface area contributed by atoms with Crippen LogP contribution < -0.4 is 25.4 Å². The molecule has 1 unspecified atom stereocenters. The van der Waals surface area contributed by atoms with Crippen LogP contribution in [0.3, 0.4) is 0 Å². The van der Waals surface area contributed by atoms with Crippen molar-refractivity contribution in [1.82, 2.24) is 25.1 Å². The Bertz CT molecular complexity index is 1740. The second-order valence-corrected chi connectivity index (χ2v) is 12.7. The van der Waals surface area contributed by atoms with Crippen molar-refractivity contribution in [1.29, 1.82) is 0 Å². The molecule has 3 N–H and O–H groups in total. The first-order valence-corrected chi connectivity index (χ1v) is 15.0. The molecule has 248 valence electrons. The molecule has 3 aliphatic heterocycles. The van der Waals surface area contributed by atoms with Gasteiger partial charge in [0.05, 0.1) is 17.0 Å². The Morgan fingerprint density at radius 1 is 1.17 bits per heavy atom. The number of hydrogen-bond donors (Lipinski definition) is 2. The average molecular weight is 650 g/mol. The lowest BCUT2D eigenvalue weighted by atomic mass is 9.92. The Morgan fingerprint density at radius 2 is 1.89 bits per heavy atom. The first-order valence-electron chi connectivity index (χ1n) is 15.0. The Labute approximate surface area is 262 Å². The number of benzene rings is 1. The van der Waals surface area contributed by atoms with Crippen molar-refractivity contribution in [2.24, 2.45) is 0 Å². The number of likely N-dealkylation sites (N-methyl/N-ethyl adjacent to an activating group) is 2. The number of halogens is 5. The summed E-state index contributed by atoms with van der Waals surface area (Å²) >= 11 is 0. The summed E-state index contributed by atoms with van der Waals surface area (Å²) in [6, 6.07) is 1.10. The lowest BCUT2D eigenvalue weighted by molar-refractivity contribution is -0.275. The number of nitrogens with one attached hydrogen (secondary N) is 1. The Morgan fingerprint density at radius 3 is 2.57 bits per heavy atom. The van der Waals surface area contributed by atoms with Crippen LogP contribution in [-0.4, -0.2) is 96.5 Å². The maximum Gasteiger partial charge on any atom is 0.573 e. The predicted octanol–water partition coefficient (Wildman–Crippen LogP) is 4.15. The number of nitrogens with zero attached hydrogens (tertiary/aromatic N) is 5. The van der Waals surface area contributed by atoms with E-state index in [0.29, 0.717) is 49.1 Å². The minimum atomic E-state index is -5.28. The van der Waals surface area contributed by atoms with E-state index < -0.39 is 46.6 Å². The van der Waals surface area contributed by atoms with Crippen LogP contribution in [0, 0.1) is 25.5 Å². The van der Waals surface area contributed by atoms with Crippen molar-refractivity contribution in [2.45, 2.75) is 63.7 Å². The van der Waals surface area contributed by atoms with Crippen LogP contribution in [0.1, 0.15) is 31.0 Å². The molecule has 3 aliphatic rings. The summed E-state index contributed by atoms with van der Waals surface area (Å²) in [6.07, 6.45) is -4.61. The fraction of sp³-hybridized carbons (Fsp3) is 0.516. The minimum absolute atomic E-state index is 0.00509. The van der Waals surface area contributed by atoms with Crippen molar-refractivity contribution in [2.75, 3.05) is 51.4 Å². The van der Waals surface area contributed by atoms with Crippen LogP contribution in [0.15, 0.2) is 12.1 Å². The van der Waals surface area contributed by atoms with E-state index in [4.69, 9.17) is 15.5 Å². The molecule has 0 radical (unpaired) electrons. The van der Waals surface area contributed by atoms with Gasteiger partial charge in [0.25, 0.3) is 0 Å². The van der Waals surface area contributed by atoms with Gasteiger partial charge in [-0.2, -0.15) is 0 Å². The number of carbonyl (C=O) groups is 1. The van der Waals surface area contributed by atoms with Crippen molar-refractivity contribution in [3.05, 3.63) is 35.0 Å². The highest BCUT2D eigenvalue weighted by Gasteiger charge is 2.57. The summed E-state index contributed by atoms with van der Waals surface area (Å²) < 4.78 is 82.1. The van der Waals surface area contributed by atoms with Crippen molar-refractivity contribution < 1.29 is 36.2 Å². The molecule has 0 spiro atoms. The summed E-state index contributed by atoms with van der Waals surface area (Å²) in [5.41, 5.74) is 4.23. The molecular weight excluding hydrogens is 613 g/mol. The minimum Gasteiger partial charge on any atom is -0.472 e. The maximum absolute atomic E-state index is 16.7. The monoisotopic (exact) mass is 649 g/mol. The van der Waals surface area contributed by atoms with Gasteiger partial charge in [0, 0.05) is 55.6 Å². The van der Waals surface area contributed by atoms with Gasteiger partial charge in [-0.05, 0) is 59.3 Å². The highest BCUT2D eigenvalue weighted by atomic mass is 19.4. The zero-order valence-corrected chi connectivity index (χ0v) is 26.4. The third-order valence-corrected chi connectivity index (χ3v) is 9.30. The Balaban J connectivity index is 1.54. The molecule has 2 aromatic heterocycles. The highest BCUT2D eigenvalue weighted by Crippen LogP contribution is 2.48. The van der Waals surface area contributed by atoms with Gasteiger partial charge >= 0.3 is 6.36 Å². The number of piperazine rings is 1. The number of carbonyl (C=O) groups excluding carboxylic acids is 1. The number of amides is 1. The van der Waals surface area contributed by atoms with Crippen molar-refractivity contribution in [3.8, 4) is 22.9 Å². The largest absolute Gasteiger partial charge is 0.573 e. The number of hydrogen-bond acceptors (Lipinski definition) is 9. The number of fused-ring (bicyclic) bond motifs is 5. The number of rotatable bonds is 6. The number of ether oxygens (including phenoxy) is 2. The van der Waals surface area contributed by atoms with E-state index in [9.17, 15) is 22.4 Å². The topological polar surface area (TPSA) is 109 Å². The molecule has 1 amide bonds.